The van der Waals surface area contributed by atoms with Crippen LogP contribution in [0.15, 0.2) is 54.6 Å². The van der Waals surface area contributed by atoms with Gasteiger partial charge in [-0.2, -0.15) is 0 Å². The summed E-state index contributed by atoms with van der Waals surface area (Å²) in [6.45, 7) is 6.84. The number of hydrogen-bond acceptors (Lipinski definition) is 2. The van der Waals surface area contributed by atoms with Gasteiger partial charge in [0.2, 0.25) is 5.91 Å². The lowest BCUT2D eigenvalue weighted by molar-refractivity contribution is -0.147. The molecule has 1 fully saturated rings. The minimum atomic E-state index is -0.771. The molecule has 2 aromatic carbocycles. The number of amides is 1. The van der Waals surface area contributed by atoms with E-state index in [-0.39, 0.29) is 17.4 Å². The van der Waals surface area contributed by atoms with Gasteiger partial charge in [0.05, 0.1) is 5.60 Å². The predicted octanol–water partition coefficient (Wildman–Crippen LogP) is 4.36. The van der Waals surface area contributed by atoms with Gasteiger partial charge in [-0.05, 0) is 49.8 Å². The first kappa shape index (κ1) is 19.6. The Hall–Kier alpha value is -2.13. The maximum absolute atomic E-state index is 13.0. The van der Waals surface area contributed by atoms with Crippen molar-refractivity contribution >= 4 is 5.91 Å². The summed E-state index contributed by atoms with van der Waals surface area (Å²) in [6.07, 6.45) is 2.32. The number of aliphatic hydroxyl groups is 1. The van der Waals surface area contributed by atoms with E-state index >= 15 is 0 Å². The molecule has 1 aliphatic heterocycles. The first-order chi connectivity index (χ1) is 12.8. The second-order valence-electron chi connectivity index (χ2n) is 8.61. The van der Waals surface area contributed by atoms with Gasteiger partial charge in [0.25, 0.3) is 0 Å². The third-order valence-electron chi connectivity index (χ3n) is 5.76. The highest BCUT2D eigenvalue weighted by Gasteiger charge is 2.44. The summed E-state index contributed by atoms with van der Waals surface area (Å²) in [6, 6.07) is 21.0. The van der Waals surface area contributed by atoms with E-state index < -0.39 is 5.60 Å². The van der Waals surface area contributed by atoms with Gasteiger partial charge in [0.15, 0.2) is 0 Å². The molecule has 3 nitrogen and oxygen atoms in total. The van der Waals surface area contributed by atoms with Gasteiger partial charge < -0.3 is 10.0 Å². The van der Waals surface area contributed by atoms with Crippen molar-refractivity contribution in [3.63, 3.8) is 0 Å². The molecule has 0 bridgehead atoms. The number of nitrogens with zero attached hydrogens (tertiary/aromatic N) is 1. The molecule has 0 unspecified atom stereocenters. The zero-order chi connectivity index (χ0) is 19.5. The molecule has 1 radical (unpaired) electrons. The molecule has 0 spiro atoms. The molecular weight excluding hydrogens is 334 g/mol. The topological polar surface area (TPSA) is 40.5 Å². The van der Waals surface area contributed by atoms with Gasteiger partial charge in [-0.3, -0.25) is 4.79 Å². The number of hydrogen-bond donors (Lipinski definition) is 1. The Labute approximate surface area is 163 Å². The average molecular weight is 365 g/mol. The van der Waals surface area contributed by atoms with E-state index in [9.17, 15) is 9.90 Å². The van der Waals surface area contributed by atoms with Crippen molar-refractivity contribution in [2.75, 3.05) is 6.54 Å². The summed E-state index contributed by atoms with van der Waals surface area (Å²) in [7, 11) is 0. The van der Waals surface area contributed by atoms with Gasteiger partial charge in [0, 0.05) is 24.9 Å². The van der Waals surface area contributed by atoms with E-state index in [4.69, 9.17) is 0 Å². The molecule has 2 atom stereocenters. The zero-order valence-corrected chi connectivity index (χ0v) is 16.6. The van der Waals surface area contributed by atoms with Crippen LogP contribution in [0.1, 0.15) is 57.1 Å². The SMILES string of the molecule is C[C@H](CC(=O)N1CC[C@@](O)(Cc2cc[c]cc2)CC1(C)C)c1ccccc1. The van der Waals surface area contributed by atoms with Crippen molar-refractivity contribution in [3.05, 3.63) is 71.8 Å². The van der Waals surface area contributed by atoms with Crippen molar-refractivity contribution in [3.8, 4) is 0 Å². The van der Waals surface area contributed by atoms with Crippen molar-refractivity contribution in [1.82, 2.24) is 4.90 Å². The fourth-order valence-electron chi connectivity index (χ4n) is 4.42. The van der Waals surface area contributed by atoms with Crippen molar-refractivity contribution in [2.45, 2.75) is 63.5 Å². The fourth-order valence-corrected chi connectivity index (χ4v) is 4.42. The lowest BCUT2D eigenvalue weighted by Crippen LogP contribution is -2.59. The number of benzene rings is 2. The van der Waals surface area contributed by atoms with E-state index in [1.807, 2.05) is 47.4 Å². The van der Waals surface area contributed by atoms with E-state index in [0.29, 0.717) is 32.2 Å². The van der Waals surface area contributed by atoms with E-state index in [1.165, 1.54) is 5.56 Å². The zero-order valence-electron chi connectivity index (χ0n) is 16.6. The summed E-state index contributed by atoms with van der Waals surface area (Å²) in [5, 5.41) is 11.2. The molecule has 1 aliphatic rings. The largest absolute Gasteiger partial charge is 0.389 e. The lowest BCUT2D eigenvalue weighted by Gasteiger charge is -2.49. The van der Waals surface area contributed by atoms with E-state index in [2.05, 4.69) is 39.0 Å². The van der Waals surface area contributed by atoms with Crippen LogP contribution in [0.5, 0.6) is 0 Å². The van der Waals surface area contributed by atoms with Crippen molar-refractivity contribution < 1.29 is 9.90 Å². The third-order valence-corrected chi connectivity index (χ3v) is 5.76. The first-order valence-electron chi connectivity index (χ1n) is 9.82. The van der Waals surface area contributed by atoms with Gasteiger partial charge >= 0.3 is 0 Å². The van der Waals surface area contributed by atoms with Gasteiger partial charge in [-0.1, -0.05) is 61.5 Å². The quantitative estimate of drug-likeness (QED) is 0.856. The highest BCUT2D eigenvalue weighted by atomic mass is 16.3. The second-order valence-corrected chi connectivity index (χ2v) is 8.61. The molecule has 1 N–H and O–H groups in total. The van der Waals surface area contributed by atoms with E-state index in [0.717, 1.165) is 5.56 Å². The molecule has 1 heterocycles. The van der Waals surface area contributed by atoms with E-state index in [1.54, 1.807) is 0 Å². The van der Waals surface area contributed by atoms with Crippen LogP contribution in [-0.4, -0.2) is 33.6 Å². The number of piperidine rings is 1. The van der Waals surface area contributed by atoms with Crippen LogP contribution in [0.3, 0.4) is 0 Å². The minimum absolute atomic E-state index is 0.174. The minimum Gasteiger partial charge on any atom is -0.389 e. The highest BCUT2D eigenvalue weighted by Crippen LogP contribution is 2.37. The molecule has 143 valence electrons. The molecule has 1 saturated heterocycles. The maximum atomic E-state index is 13.0. The van der Waals surface area contributed by atoms with Gasteiger partial charge in [-0.25, -0.2) is 0 Å². The Bertz CT molecular complexity index is 756. The third kappa shape index (κ3) is 4.78. The van der Waals surface area contributed by atoms with Crippen LogP contribution in [0.25, 0.3) is 0 Å². The molecule has 0 aromatic heterocycles. The van der Waals surface area contributed by atoms with Crippen molar-refractivity contribution in [1.29, 1.82) is 0 Å². The average Bonchev–Trinajstić information content (AvgIpc) is 2.62. The fraction of sp³-hybridized carbons (Fsp3) is 0.458. The molecule has 0 aliphatic carbocycles. The van der Waals surface area contributed by atoms with Crippen LogP contribution in [-0.2, 0) is 11.2 Å². The van der Waals surface area contributed by atoms with Crippen LogP contribution < -0.4 is 0 Å². The molecule has 1 amide bonds. The molecule has 3 heteroatoms. The normalized spacial score (nSPS) is 23.0. The summed E-state index contributed by atoms with van der Waals surface area (Å²) in [5.41, 5.74) is 1.18. The molecule has 0 saturated carbocycles. The first-order valence-corrected chi connectivity index (χ1v) is 9.82. The van der Waals surface area contributed by atoms with Crippen LogP contribution in [0, 0.1) is 6.07 Å². The Balaban J connectivity index is 1.65. The Morgan fingerprint density at radius 1 is 1.19 bits per heavy atom. The maximum Gasteiger partial charge on any atom is 0.223 e. The predicted molar refractivity (Wildman–Crippen MR) is 108 cm³/mol. The molecule has 2 aromatic rings. The molecule has 27 heavy (non-hydrogen) atoms. The summed E-state index contributed by atoms with van der Waals surface area (Å²) in [5.74, 6) is 0.364. The van der Waals surface area contributed by atoms with Gasteiger partial charge in [0.1, 0.15) is 0 Å². The summed E-state index contributed by atoms with van der Waals surface area (Å²) < 4.78 is 0. The summed E-state index contributed by atoms with van der Waals surface area (Å²) >= 11 is 0. The number of carbonyl (C=O) groups excluding carboxylic acids is 1. The second kappa shape index (κ2) is 7.85. The van der Waals surface area contributed by atoms with Crippen molar-refractivity contribution in [2.24, 2.45) is 0 Å². The highest BCUT2D eigenvalue weighted by molar-refractivity contribution is 5.78. The monoisotopic (exact) mass is 364 g/mol. The Morgan fingerprint density at radius 3 is 2.48 bits per heavy atom. The Kier molecular flexibility index (Phi) is 5.71. The van der Waals surface area contributed by atoms with Gasteiger partial charge in [-0.15, -0.1) is 0 Å². The number of carbonyl (C=O) groups is 1. The molecular formula is C24H30NO2. The number of likely N-dealkylation sites (tertiary alicyclic amines) is 1. The lowest BCUT2D eigenvalue weighted by atomic mass is 9.76. The molecule has 3 rings (SSSR count). The van der Waals surface area contributed by atoms with Crippen LogP contribution in [0.2, 0.25) is 0 Å². The number of rotatable bonds is 5. The smallest absolute Gasteiger partial charge is 0.223 e. The van der Waals surface area contributed by atoms with Crippen LogP contribution >= 0.6 is 0 Å². The Morgan fingerprint density at radius 2 is 1.85 bits per heavy atom. The summed E-state index contributed by atoms with van der Waals surface area (Å²) in [4.78, 5) is 15.0. The standard InChI is InChI=1S/C24H30NO2/c1-19(21-12-8-5-9-13-21)16-22(26)25-15-14-24(27,18-23(25,2)3)17-20-10-6-4-7-11-20/h5-13,19,27H,14-18H2,1-3H3/t19-,24-/m1/s1. The van der Waals surface area contributed by atoms with Crippen LogP contribution in [0.4, 0.5) is 0 Å².